The number of aromatic amines is 1. The third-order valence-electron chi connectivity index (χ3n) is 1.77. The summed E-state index contributed by atoms with van der Waals surface area (Å²) in [7, 11) is 1.08. The fourth-order valence-corrected chi connectivity index (χ4v) is 0.995. The summed E-state index contributed by atoms with van der Waals surface area (Å²) < 4.78 is 28.8. The molecule has 0 saturated heterocycles. The number of rotatable bonds is 2. The van der Waals surface area contributed by atoms with Crippen molar-refractivity contribution in [3.63, 3.8) is 0 Å². The third-order valence-corrected chi connectivity index (χ3v) is 1.77. The molecular weight excluding hydrogens is 210 g/mol. The van der Waals surface area contributed by atoms with Crippen LogP contribution in [0.2, 0.25) is 0 Å². The van der Waals surface area contributed by atoms with E-state index in [2.05, 4.69) is 9.72 Å². The Kier molecular flexibility index (Phi) is 3.03. The molecule has 82 valence electrons. The summed E-state index contributed by atoms with van der Waals surface area (Å²) in [6.45, 7) is 0. The lowest BCUT2D eigenvalue weighted by Crippen LogP contribution is -2.20. The van der Waals surface area contributed by atoms with Crippen LogP contribution >= 0.6 is 0 Å². The summed E-state index contributed by atoms with van der Waals surface area (Å²) in [6.07, 6.45) is -2.20. The molecule has 7 heteroatoms. The fraction of sp³-hybridized carbons (Fsp3) is 0.250. The van der Waals surface area contributed by atoms with E-state index in [9.17, 15) is 18.4 Å². The molecular formula is C8H8F2N2O3. The summed E-state index contributed by atoms with van der Waals surface area (Å²) in [6, 6.07) is 0. The lowest BCUT2D eigenvalue weighted by Gasteiger charge is -2.05. The van der Waals surface area contributed by atoms with Gasteiger partial charge in [0.1, 0.15) is 5.69 Å². The number of ether oxygens (including phenoxy) is 1. The van der Waals surface area contributed by atoms with E-state index >= 15 is 0 Å². The number of pyridine rings is 1. The van der Waals surface area contributed by atoms with Gasteiger partial charge in [0.15, 0.2) is 5.69 Å². The van der Waals surface area contributed by atoms with Gasteiger partial charge in [-0.1, -0.05) is 0 Å². The minimum atomic E-state index is -2.94. The van der Waals surface area contributed by atoms with E-state index in [1.165, 1.54) is 0 Å². The van der Waals surface area contributed by atoms with E-state index in [0.29, 0.717) is 0 Å². The van der Waals surface area contributed by atoms with Crippen molar-refractivity contribution in [3.05, 3.63) is 27.7 Å². The van der Waals surface area contributed by atoms with Crippen molar-refractivity contribution in [3.8, 4) is 0 Å². The first kappa shape index (κ1) is 11.2. The maximum atomic E-state index is 12.2. The summed E-state index contributed by atoms with van der Waals surface area (Å²) >= 11 is 0. The molecule has 0 aliphatic carbocycles. The second-order valence-corrected chi connectivity index (χ2v) is 2.65. The van der Waals surface area contributed by atoms with Gasteiger partial charge in [-0.25, -0.2) is 13.6 Å². The van der Waals surface area contributed by atoms with Crippen LogP contribution in [0, 0.1) is 0 Å². The van der Waals surface area contributed by atoms with E-state index in [1.807, 2.05) is 0 Å². The number of H-pyrrole nitrogens is 1. The lowest BCUT2D eigenvalue weighted by molar-refractivity contribution is 0.0594. The normalized spacial score (nSPS) is 10.4. The summed E-state index contributed by atoms with van der Waals surface area (Å²) in [5.41, 5.74) is 2.48. The highest BCUT2D eigenvalue weighted by Gasteiger charge is 2.19. The second-order valence-electron chi connectivity index (χ2n) is 2.65. The van der Waals surface area contributed by atoms with E-state index in [1.54, 1.807) is 0 Å². The highest BCUT2D eigenvalue weighted by atomic mass is 19.3. The van der Waals surface area contributed by atoms with Gasteiger partial charge in [0, 0.05) is 6.20 Å². The zero-order valence-corrected chi connectivity index (χ0v) is 7.71. The van der Waals surface area contributed by atoms with Crippen molar-refractivity contribution in [2.75, 3.05) is 12.8 Å². The first-order valence-corrected chi connectivity index (χ1v) is 3.86. The number of hydrogen-bond acceptors (Lipinski definition) is 4. The van der Waals surface area contributed by atoms with Crippen molar-refractivity contribution in [1.29, 1.82) is 0 Å². The Morgan fingerprint density at radius 3 is 2.67 bits per heavy atom. The Morgan fingerprint density at radius 2 is 2.20 bits per heavy atom. The molecule has 1 aromatic rings. The number of esters is 1. The van der Waals surface area contributed by atoms with E-state index < -0.39 is 29.1 Å². The maximum absolute atomic E-state index is 12.2. The number of aromatic nitrogens is 1. The van der Waals surface area contributed by atoms with Gasteiger partial charge in [-0.2, -0.15) is 0 Å². The monoisotopic (exact) mass is 218 g/mol. The van der Waals surface area contributed by atoms with Crippen LogP contribution in [0.3, 0.4) is 0 Å². The molecule has 5 nitrogen and oxygen atoms in total. The number of halogens is 2. The topological polar surface area (TPSA) is 85.2 Å². The summed E-state index contributed by atoms with van der Waals surface area (Å²) in [4.78, 5) is 24.4. The fourth-order valence-electron chi connectivity index (χ4n) is 0.995. The molecule has 1 rings (SSSR count). The van der Waals surface area contributed by atoms with Gasteiger partial charge in [0.2, 0.25) is 5.43 Å². The smallest absolute Gasteiger partial charge is 0.356 e. The molecule has 0 unspecified atom stereocenters. The van der Waals surface area contributed by atoms with Crippen LogP contribution in [0.1, 0.15) is 22.5 Å². The summed E-state index contributed by atoms with van der Waals surface area (Å²) in [5.74, 6) is -0.884. The van der Waals surface area contributed by atoms with Crippen LogP contribution in [-0.2, 0) is 4.74 Å². The molecule has 0 aliphatic heterocycles. The SMILES string of the molecule is COC(=O)c1[nH]cc(C(F)F)c(=O)c1N. The molecule has 0 bridgehead atoms. The van der Waals surface area contributed by atoms with Gasteiger partial charge in [0.05, 0.1) is 12.7 Å². The molecule has 1 aromatic heterocycles. The lowest BCUT2D eigenvalue weighted by atomic mass is 10.2. The molecule has 15 heavy (non-hydrogen) atoms. The number of nitrogen functional groups attached to an aromatic ring is 1. The molecule has 1 heterocycles. The molecule has 0 radical (unpaired) electrons. The van der Waals surface area contributed by atoms with Gasteiger partial charge in [-0.15, -0.1) is 0 Å². The van der Waals surface area contributed by atoms with Crippen molar-refractivity contribution in [2.24, 2.45) is 0 Å². The molecule has 0 aliphatic rings. The quantitative estimate of drug-likeness (QED) is 0.715. The van der Waals surface area contributed by atoms with Crippen molar-refractivity contribution in [1.82, 2.24) is 4.98 Å². The molecule has 0 saturated carbocycles. The molecule has 0 atom stereocenters. The van der Waals surface area contributed by atoms with Crippen molar-refractivity contribution >= 4 is 11.7 Å². The van der Waals surface area contributed by atoms with E-state index in [4.69, 9.17) is 5.73 Å². The minimum Gasteiger partial charge on any atom is -0.464 e. The van der Waals surface area contributed by atoms with Gasteiger partial charge in [-0.05, 0) is 0 Å². The largest absolute Gasteiger partial charge is 0.464 e. The zero-order valence-electron chi connectivity index (χ0n) is 7.71. The number of methoxy groups -OCH3 is 1. The maximum Gasteiger partial charge on any atom is 0.356 e. The van der Waals surface area contributed by atoms with E-state index in [0.717, 1.165) is 13.3 Å². The van der Waals surface area contributed by atoms with Crippen LogP contribution in [0.25, 0.3) is 0 Å². The second kappa shape index (κ2) is 4.07. The molecule has 3 N–H and O–H groups in total. The zero-order chi connectivity index (χ0) is 11.6. The standard InChI is InChI=1S/C8H8F2N2O3/c1-15-8(14)5-4(11)6(13)3(2-12-5)7(9)10/h2,7H,11H2,1H3,(H,12,13). The Bertz CT molecular complexity index is 442. The first-order valence-electron chi connectivity index (χ1n) is 3.86. The molecule has 0 spiro atoms. The first-order chi connectivity index (χ1) is 6.99. The number of anilines is 1. The van der Waals surface area contributed by atoms with Crippen LogP contribution in [0.15, 0.2) is 11.0 Å². The average Bonchev–Trinajstić information content (AvgIpc) is 2.20. The van der Waals surface area contributed by atoms with E-state index in [-0.39, 0.29) is 5.69 Å². The molecule has 0 amide bonds. The van der Waals surface area contributed by atoms with Gasteiger partial charge < -0.3 is 15.5 Å². The number of alkyl halides is 2. The molecule has 0 fully saturated rings. The van der Waals surface area contributed by atoms with Crippen LogP contribution < -0.4 is 11.2 Å². The van der Waals surface area contributed by atoms with Crippen molar-refractivity contribution in [2.45, 2.75) is 6.43 Å². The number of hydrogen-bond donors (Lipinski definition) is 2. The van der Waals surface area contributed by atoms with Gasteiger partial charge >= 0.3 is 5.97 Å². The minimum absolute atomic E-state index is 0.327. The predicted octanol–water partition coefficient (Wildman–Crippen LogP) is 0.681. The van der Waals surface area contributed by atoms with Gasteiger partial charge in [-0.3, -0.25) is 4.79 Å². The Balaban J connectivity index is 3.34. The highest BCUT2D eigenvalue weighted by molar-refractivity contribution is 5.92. The number of carbonyl (C=O) groups excluding carboxylic acids is 1. The van der Waals surface area contributed by atoms with Crippen LogP contribution in [0.4, 0.5) is 14.5 Å². The highest BCUT2D eigenvalue weighted by Crippen LogP contribution is 2.16. The van der Waals surface area contributed by atoms with Crippen LogP contribution in [0.5, 0.6) is 0 Å². The Morgan fingerprint density at radius 1 is 1.60 bits per heavy atom. The average molecular weight is 218 g/mol. The third kappa shape index (κ3) is 1.95. The number of nitrogens with two attached hydrogens (primary N) is 1. The van der Waals surface area contributed by atoms with Crippen LogP contribution in [-0.4, -0.2) is 18.1 Å². The predicted molar refractivity (Wildman–Crippen MR) is 47.8 cm³/mol. The summed E-state index contributed by atoms with van der Waals surface area (Å²) in [5, 5.41) is 0. The molecule has 0 aromatic carbocycles. The Hall–Kier alpha value is -1.92. The Labute approximate surface area is 82.9 Å². The number of carbonyl (C=O) groups is 1. The van der Waals surface area contributed by atoms with Gasteiger partial charge in [0.25, 0.3) is 6.43 Å². The van der Waals surface area contributed by atoms with Crippen molar-refractivity contribution < 1.29 is 18.3 Å². The number of nitrogens with one attached hydrogen (secondary N) is 1.